The molecule has 31 heavy (non-hydrogen) atoms. The first kappa shape index (κ1) is 20.8. The van der Waals surface area contributed by atoms with Crippen LogP contribution in [-0.2, 0) is 13.1 Å². The van der Waals surface area contributed by atoms with Gasteiger partial charge in [0.05, 0.1) is 25.5 Å². The molecule has 2 heterocycles. The van der Waals surface area contributed by atoms with Crippen molar-refractivity contribution in [3.05, 3.63) is 78.1 Å². The normalized spacial score (nSPS) is 12.1. The highest BCUT2D eigenvalue weighted by Crippen LogP contribution is 2.26. The highest BCUT2D eigenvalue weighted by Gasteiger charge is 2.18. The predicted octanol–water partition coefficient (Wildman–Crippen LogP) is 3.69. The number of rotatable bonds is 9. The van der Waals surface area contributed by atoms with E-state index in [1.54, 1.807) is 0 Å². The summed E-state index contributed by atoms with van der Waals surface area (Å²) in [6.45, 7) is 3.42. The number of hydrogen-bond acceptors (Lipinski definition) is 6. The molecule has 0 unspecified atom stereocenters. The van der Waals surface area contributed by atoms with Crippen molar-refractivity contribution in [2.24, 2.45) is 0 Å². The average molecular weight is 417 g/mol. The van der Waals surface area contributed by atoms with Gasteiger partial charge < -0.3 is 19.9 Å². The van der Waals surface area contributed by atoms with Crippen molar-refractivity contribution in [1.82, 2.24) is 19.5 Å². The third kappa shape index (κ3) is 4.83. The number of nitrogens with one attached hydrogen (secondary N) is 1. The van der Waals surface area contributed by atoms with Crippen molar-refractivity contribution in [1.29, 1.82) is 0 Å². The number of benzene rings is 2. The van der Waals surface area contributed by atoms with E-state index in [1.165, 1.54) is 11.1 Å². The van der Waals surface area contributed by atoms with Crippen LogP contribution in [0.2, 0.25) is 0 Å². The molecule has 2 aromatic carbocycles. The van der Waals surface area contributed by atoms with Crippen molar-refractivity contribution in [2.45, 2.75) is 32.5 Å². The van der Waals surface area contributed by atoms with Crippen molar-refractivity contribution in [2.75, 3.05) is 23.9 Å². The summed E-state index contributed by atoms with van der Waals surface area (Å²) >= 11 is 0. The van der Waals surface area contributed by atoms with E-state index in [4.69, 9.17) is 9.97 Å². The van der Waals surface area contributed by atoms with Crippen LogP contribution >= 0.6 is 0 Å². The standard InChI is InChI=1S/C24H28N6O/c1-3-20(16-31)26-24-27-22(29(2)14-18-10-6-4-7-11-18)21-23(28-24)30(17-25-21)15-19-12-8-5-9-13-19/h4-13,17,20,31H,3,14-16H2,1-2H3,(H,26,27,28)/t20-/m1/s1. The molecular weight excluding hydrogens is 388 g/mol. The van der Waals surface area contributed by atoms with Gasteiger partial charge in [0.1, 0.15) is 0 Å². The Morgan fingerprint density at radius 1 is 1.00 bits per heavy atom. The summed E-state index contributed by atoms with van der Waals surface area (Å²) in [4.78, 5) is 16.3. The molecule has 0 amide bonds. The molecule has 0 aliphatic carbocycles. The van der Waals surface area contributed by atoms with Gasteiger partial charge in [0, 0.05) is 13.6 Å². The molecule has 0 saturated carbocycles. The van der Waals surface area contributed by atoms with Gasteiger partial charge in [-0.2, -0.15) is 9.97 Å². The van der Waals surface area contributed by atoms with Gasteiger partial charge in [-0.15, -0.1) is 0 Å². The number of nitrogens with zero attached hydrogens (tertiary/aromatic N) is 5. The second-order valence-corrected chi connectivity index (χ2v) is 7.67. The van der Waals surface area contributed by atoms with Gasteiger partial charge in [0.2, 0.25) is 5.95 Å². The van der Waals surface area contributed by atoms with Crippen LogP contribution in [0.5, 0.6) is 0 Å². The number of aliphatic hydroxyl groups is 1. The number of anilines is 2. The van der Waals surface area contributed by atoms with E-state index in [-0.39, 0.29) is 12.6 Å². The lowest BCUT2D eigenvalue weighted by Crippen LogP contribution is -2.25. The lowest BCUT2D eigenvalue weighted by atomic mass is 10.2. The van der Waals surface area contributed by atoms with Crippen LogP contribution in [0.25, 0.3) is 11.2 Å². The first-order valence-corrected chi connectivity index (χ1v) is 10.6. The number of fused-ring (bicyclic) bond motifs is 1. The maximum absolute atomic E-state index is 9.64. The fourth-order valence-electron chi connectivity index (χ4n) is 3.55. The summed E-state index contributed by atoms with van der Waals surface area (Å²) in [6.07, 6.45) is 2.59. The fourth-order valence-corrected chi connectivity index (χ4v) is 3.55. The van der Waals surface area contributed by atoms with Gasteiger partial charge in [0.15, 0.2) is 17.0 Å². The summed E-state index contributed by atoms with van der Waals surface area (Å²) in [7, 11) is 2.01. The summed E-state index contributed by atoms with van der Waals surface area (Å²) in [5.74, 6) is 1.26. The topological polar surface area (TPSA) is 79.1 Å². The Kier molecular flexibility index (Phi) is 6.43. The van der Waals surface area contributed by atoms with E-state index in [0.29, 0.717) is 19.0 Å². The summed E-state index contributed by atoms with van der Waals surface area (Å²) in [6, 6.07) is 20.4. The third-order valence-electron chi connectivity index (χ3n) is 5.31. The lowest BCUT2D eigenvalue weighted by Gasteiger charge is -2.21. The van der Waals surface area contributed by atoms with Crippen molar-refractivity contribution < 1.29 is 5.11 Å². The van der Waals surface area contributed by atoms with Crippen LogP contribution in [0.4, 0.5) is 11.8 Å². The Balaban J connectivity index is 1.74. The zero-order valence-electron chi connectivity index (χ0n) is 17.9. The van der Waals surface area contributed by atoms with Gasteiger partial charge in [-0.1, -0.05) is 67.6 Å². The molecule has 7 heteroatoms. The zero-order chi connectivity index (χ0) is 21.6. The molecule has 0 fully saturated rings. The highest BCUT2D eigenvalue weighted by molar-refractivity contribution is 5.85. The van der Waals surface area contributed by atoms with E-state index in [9.17, 15) is 5.11 Å². The Hall–Kier alpha value is -3.45. The summed E-state index contributed by atoms with van der Waals surface area (Å²) < 4.78 is 2.04. The Bertz CT molecular complexity index is 1110. The van der Waals surface area contributed by atoms with Crippen LogP contribution in [0, 0.1) is 0 Å². The van der Waals surface area contributed by atoms with Crippen LogP contribution < -0.4 is 10.2 Å². The molecule has 1 atom stereocenters. The van der Waals surface area contributed by atoms with E-state index < -0.39 is 0 Å². The van der Waals surface area contributed by atoms with E-state index in [0.717, 1.165) is 23.4 Å². The molecule has 160 valence electrons. The molecule has 0 aliphatic rings. The number of aliphatic hydroxyl groups excluding tert-OH is 1. The molecule has 2 aromatic heterocycles. The van der Waals surface area contributed by atoms with Crippen LogP contribution in [0.1, 0.15) is 24.5 Å². The minimum Gasteiger partial charge on any atom is -0.394 e. The second-order valence-electron chi connectivity index (χ2n) is 7.67. The Morgan fingerprint density at radius 2 is 1.68 bits per heavy atom. The molecule has 0 spiro atoms. The molecule has 2 N–H and O–H groups in total. The quantitative estimate of drug-likeness (QED) is 0.433. The molecule has 0 bridgehead atoms. The molecule has 0 aliphatic heterocycles. The van der Waals surface area contributed by atoms with Gasteiger partial charge in [0.25, 0.3) is 0 Å². The zero-order valence-corrected chi connectivity index (χ0v) is 17.9. The van der Waals surface area contributed by atoms with E-state index in [1.807, 2.05) is 61.3 Å². The van der Waals surface area contributed by atoms with Gasteiger partial charge in [-0.05, 0) is 17.5 Å². The second kappa shape index (κ2) is 9.57. The molecule has 4 rings (SSSR count). The first-order valence-electron chi connectivity index (χ1n) is 10.6. The highest BCUT2D eigenvalue weighted by atomic mass is 16.3. The minimum absolute atomic E-state index is 0.0242. The van der Waals surface area contributed by atoms with Gasteiger partial charge in [-0.25, -0.2) is 4.98 Å². The molecular formula is C24H28N6O. The number of aromatic nitrogens is 4. The van der Waals surface area contributed by atoms with Gasteiger partial charge in [-0.3, -0.25) is 0 Å². The molecule has 7 nitrogen and oxygen atoms in total. The lowest BCUT2D eigenvalue weighted by molar-refractivity contribution is 0.271. The van der Waals surface area contributed by atoms with E-state index >= 15 is 0 Å². The largest absolute Gasteiger partial charge is 0.394 e. The maximum Gasteiger partial charge on any atom is 0.227 e. The summed E-state index contributed by atoms with van der Waals surface area (Å²) in [5, 5.41) is 12.9. The summed E-state index contributed by atoms with van der Waals surface area (Å²) in [5.41, 5.74) is 3.90. The predicted molar refractivity (Wildman–Crippen MR) is 124 cm³/mol. The molecule has 0 radical (unpaired) electrons. The van der Waals surface area contributed by atoms with Crippen molar-refractivity contribution in [3.8, 4) is 0 Å². The number of imidazole rings is 1. The third-order valence-corrected chi connectivity index (χ3v) is 5.31. The number of hydrogen-bond donors (Lipinski definition) is 2. The van der Waals surface area contributed by atoms with E-state index in [2.05, 4.69) is 39.5 Å². The van der Waals surface area contributed by atoms with Crippen molar-refractivity contribution >= 4 is 22.9 Å². The minimum atomic E-state index is -0.102. The van der Waals surface area contributed by atoms with Crippen LogP contribution in [0.15, 0.2) is 67.0 Å². The average Bonchev–Trinajstić information content (AvgIpc) is 3.20. The van der Waals surface area contributed by atoms with Crippen molar-refractivity contribution in [3.63, 3.8) is 0 Å². The van der Waals surface area contributed by atoms with Gasteiger partial charge >= 0.3 is 0 Å². The van der Waals surface area contributed by atoms with Crippen LogP contribution in [-0.4, -0.2) is 44.3 Å². The molecule has 0 saturated heterocycles. The Morgan fingerprint density at radius 3 is 2.32 bits per heavy atom. The SMILES string of the molecule is CC[C@H](CO)Nc1nc(N(C)Cc2ccccc2)c2ncn(Cc3ccccc3)c2n1. The van der Waals surface area contributed by atoms with Crippen LogP contribution in [0.3, 0.4) is 0 Å². The monoisotopic (exact) mass is 416 g/mol. The first-order chi connectivity index (χ1) is 15.2. The fraction of sp³-hybridized carbons (Fsp3) is 0.292. The molecule has 4 aromatic rings. The smallest absolute Gasteiger partial charge is 0.227 e. The Labute approximate surface area is 182 Å². The maximum atomic E-state index is 9.64.